The van der Waals surface area contributed by atoms with E-state index in [0.717, 1.165) is 0 Å². The van der Waals surface area contributed by atoms with E-state index in [9.17, 15) is 35.1 Å². The molecule has 1 aromatic rings. The normalized spacial score (nSPS) is 12.9. The highest BCUT2D eigenvalue weighted by molar-refractivity contribution is 9.10. The average molecular weight is 359 g/mol. The quantitative estimate of drug-likeness (QED) is 0.669. The van der Waals surface area contributed by atoms with Crippen LogP contribution in [0.25, 0.3) is 0 Å². The van der Waals surface area contributed by atoms with Crippen molar-refractivity contribution in [1.82, 2.24) is 0 Å². The molecule has 0 heterocycles. The molecule has 19 heavy (non-hydrogen) atoms. The van der Waals surface area contributed by atoms with E-state index in [4.69, 9.17) is 0 Å². The lowest BCUT2D eigenvalue weighted by Crippen LogP contribution is -2.15. The highest BCUT2D eigenvalue weighted by Crippen LogP contribution is 2.44. The summed E-state index contributed by atoms with van der Waals surface area (Å²) in [4.78, 5) is 0. The van der Waals surface area contributed by atoms with Gasteiger partial charge in [0.2, 0.25) is 0 Å². The van der Waals surface area contributed by atoms with E-state index in [0.29, 0.717) is 0 Å². The molecule has 0 saturated heterocycles. The Kier molecular flexibility index (Phi) is 4.33. The van der Waals surface area contributed by atoms with Crippen molar-refractivity contribution < 1.29 is 39.9 Å². The van der Waals surface area contributed by atoms with E-state index in [-0.39, 0.29) is 12.1 Å². The minimum Gasteiger partial charge on any atom is -0.433 e. The van der Waals surface area contributed by atoms with E-state index < -0.39 is 40.3 Å². The Labute approximate surface area is 109 Å². The van der Waals surface area contributed by atoms with Crippen LogP contribution in [-0.2, 0) is 12.4 Å². The van der Waals surface area contributed by atoms with Crippen LogP contribution < -0.4 is 4.74 Å². The molecule has 10 heteroatoms. The second-order valence-corrected chi connectivity index (χ2v) is 4.06. The van der Waals surface area contributed by atoms with E-state index in [1.807, 2.05) is 0 Å². The molecule has 0 amide bonds. The van der Waals surface area contributed by atoms with Crippen LogP contribution in [0.1, 0.15) is 11.1 Å². The van der Waals surface area contributed by atoms with Crippen molar-refractivity contribution >= 4 is 15.9 Å². The van der Waals surface area contributed by atoms with Gasteiger partial charge in [-0.25, -0.2) is 0 Å². The second-order valence-electron chi connectivity index (χ2n) is 3.21. The predicted octanol–water partition coefficient (Wildman–Crippen LogP) is 5.09. The Balaban J connectivity index is 3.48. The van der Waals surface area contributed by atoms with Gasteiger partial charge in [0.1, 0.15) is 0 Å². The molecular formula is C9H3BrF8O. The highest BCUT2D eigenvalue weighted by Gasteiger charge is 2.40. The fourth-order valence-corrected chi connectivity index (χ4v) is 1.73. The van der Waals surface area contributed by atoms with Gasteiger partial charge < -0.3 is 4.74 Å². The van der Waals surface area contributed by atoms with Crippen LogP contribution in [0.4, 0.5) is 35.1 Å². The molecule has 108 valence electrons. The van der Waals surface area contributed by atoms with Gasteiger partial charge in [0.15, 0.2) is 5.75 Å². The molecule has 0 aromatic heterocycles. The average Bonchev–Trinajstić information content (AvgIpc) is 2.16. The summed E-state index contributed by atoms with van der Waals surface area (Å²) in [6.45, 7) is -3.60. The van der Waals surface area contributed by atoms with Gasteiger partial charge in [0.05, 0.1) is 15.6 Å². The fraction of sp³-hybridized carbons (Fsp3) is 0.333. The number of hydrogen-bond acceptors (Lipinski definition) is 1. The molecule has 1 aromatic carbocycles. The van der Waals surface area contributed by atoms with Crippen molar-refractivity contribution in [3.05, 3.63) is 27.7 Å². The summed E-state index contributed by atoms with van der Waals surface area (Å²) in [5, 5.41) is 0. The second kappa shape index (κ2) is 5.14. The molecule has 0 radical (unpaired) electrons. The molecule has 0 fully saturated rings. The van der Waals surface area contributed by atoms with Gasteiger partial charge >= 0.3 is 19.0 Å². The van der Waals surface area contributed by atoms with Crippen LogP contribution in [0.5, 0.6) is 5.75 Å². The molecular weight excluding hydrogens is 356 g/mol. The number of hydrogen-bond donors (Lipinski definition) is 0. The first-order chi connectivity index (χ1) is 8.43. The minimum absolute atomic E-state index is 0.229. The molecule has 1 nitrogen and oxygen atoms in total. The van der Waals surface area contributed by atoms with Crippen molar-refractivity contribution in [1.29, 1.82) is 0 Å². The molecule has 0 unspecified atom stereocenters. The Hall–Kier alpha value is -1.06. The maximum absolute atomic E-state index is 12.5. The zero-order valence-electron chi connectivity index (χ0n) is 8.54. The lowest BCUT2D eigenvalue weighted by molar-refractivity contribution is -0.145. The molecule has 0 aliphatic heterocycles. The Morgan fingerprint density at radius 1 is 0.947 bits per heavy atom. The molecule has 0 saturated carbocycles. The number of halogens is 9. The summed E-state index contributed by atoms with van der Waals surface area (Å²) in [6, 6.07) is -0.0601. The number of alkyl halides is 8. The van der Waals surface area contributed by atoms with E-state index in [1.54, 1.807) is 0 Å². The maximum atomic E-state index is 12.5. The van der Waals surface area contributed by atoms with Crippen LogP contribution in [0.2, 0.25) is 0 Å². The van der Waals surface area contributed by atoms with Gasteiger partial charge in [0, 0.05) is 0 Å². The first-order valence-corrected chi connectivity index (χ1v) is 5.15. The summed E-state index contributed by atoms with van der Waals surface area (Å²) in [5.74, 6) is -1.39. The standard InChI is InChI=1S/C9H3BrF8O/c10-5-2-3(8(13,14)15)1-4(9(16,17)18)6(5)19-7(11)12/h1-2,7H. The lowest BCUT2D eigenvalue weighted by atomic mass is 10.1. The number of ether oxygens (including phenoxy) is 1. The topological polar surface area (TPSA) is 9.23 Å². The third-order valence-electron chi connectivity index (χ3n) is 1.88. The van der Waals surface area contributed by atoms with Gasteiger partial charge in [0.25, 0.3) is 0 Å². The third kappa shape index (κ3) is 3.95. The molecule has 0 atom stereocenters. The maximum Gasteiger partial charge on any atom is 0.420 e. The fourth-order valence-electron chi connectivity index (χ4n) is 1.18. The van der Waals surface area contributed by atoms with Gasteiger partial charge in [-0.3, -0.25) is 0 Å². The predicted molar refractivity (Wildman–Crippen MR) is 50.8 cm³/mol. The molecule has 0 aliphatic rings. The zero-order chi connectivity index (χ0) is 15.0. The Morgan fingerprint density at radius 3 is 1.84 bits per heavy atom. The molecule has 0 spiro atoms. The summed E-state index contributed by atoms with van der Waals surface area (Å²) in [5.41, 5.74) is -3.57. The summed E-state index contributed by atoms with van der Waals surface area (Å²) < 4.78 is 101. The minimum atomic E-state index is -5.27. The number of rotatable bonds is 2. The van der Waals surface area contributed by atoms with Crippen molar-refractivity contribution in [2.24, 2.45) is 0 Å². The smallest absolute Gasteiger partial charge is 0.420 e. The molecule has 1 rings (SSSR count). The van der Waals surface area contributed by atoms with Gasteiger partial charge in [-0.1, -0.05) is 0 Å². The first kappa shape index (κ1) is 16.0. The highest BCUT2D eigenvalue weighted by atomic mass is 79.9. The SMILES string of the molecule is FC(F)Oc1c(Br)cc(C(F)(F)F)cc1C(F)(F)F. The Morgan fingerprint density at radius 2 is 1.47 bits per heavy atom. The molecule has 0 N–H and O–H groups in total. The van der Waals surface area contributed by atoms with Gasteiger partial charge in [-0.2, -0.15) is 35.1 Å². The van der Waals surface area contributed by atoms with Crippen molar-refractivity contribution in [3.63, 3.8) is 0 Å². The molecule has 0 bridgehead atoms. The summed E-state index contributed by atoms with van der Waals surface area (Å²) in [7, 11) is 0. The molecule has 0 aliphatic carbocycles. The van der Waals surface area contributed by atoms with Gasteiger partial charge in [-0.15, -0.1) is 0 Å². The van der Waals surface area contributed by atoms with Crippen molar-refractivity contribution in [2.75, 3.05) is 0 Å². The number of benzene rings is 1. The zero-order valence-corrected chi connectivity index (χ0v) is 10.1. The van der Waals surface area contributed by atoms with E-state index in [1.165, 1.54) is 0 Å². The van der Waals surface area contributed by atoms with Crippen LogP contribution in [-0.4, -0.2) is 6.61 Å². The van der Waals surface area contributed by atoms with E-state index >= 15 is 0 Å². The van der Waals surface area contributed by atoms with Crippen molar-refractivity contribution in [3.8, 4) is 5.75 Å². The van der Waals surface area contributed by atoms with E-state index in [2.05, 4.69) is 20.7 Å². The summed E-state index contributed by atoms with van der Waals surface area (Å²) >= 11 is 2.35. The van der Waals surface area contributed by atoms with Crippen molar-refractivity contribution in [2.45, 2.75) is 19.0 Å². The Bertz CT molecular complexity index is 465. The van der Waals surface area contributed by atoms with Crippen LogP contribution >= 0.6 is 15.9 Å². The third-order valence-corrected chi connectivity index (χ3v) is 2.47. The van der Waals surface area contributed by atoms with Crippen LogP contribution in [0.3, 0.4) is 0 Å². The van der Waals surface area contributed by atoms with Gasteiger partial charge in [-0.05, 0) is 28.1 Å². The monoisotopic (exact) mass is 358 g/mol. The van der Waals surface area contributed by atoms with Crippen LogP contribution in [0.15, 0.2) is 16.6 Å². The summed E-state index contributed by atoms with van der Waals surface area (Å²) in [6.07, 6.45) is -10.3. The largest absolute Gasteiger partial charge is 0.433 e. The lowest BCUT2D eigenvalue weighted by Gasteiger charge is -2.17. The first-order valence-electron chi connectivity index (χ1n) is 4.35. The van der Waals surface area contributed by atoms with Crippen LogP contribution in [0, 0.1) is 0 Å².